The highest BCUT2D eigenvalue weighted by atomic mass is 32.2. The molecule has 7 heteroatoms. The van der Waals surface area contributed by atoms with E-state index in [0.29, 0.717) is 12.1 Å². The van der Waals surface area contributed by atoms with E-state index in [9.17, 15) is 13.2 Å². The van der Waals surface area contributed by atoms with Crippen LogP contribution in [0, 0.1) is 0 Å². The topological polar surface area (TPSA) is 78.5 Å². The normalized spacial score (nSPS) is 12.5. The first-order valence-electron chi connectivity index (χ1n) is 10.4. The van der Waals surface area contributed by atoms with Crippen LogP contribution >= 0.6 is 0 Å². The minimum absolute atomic E-state index is 0.0564. The molecule has 3 aromatic rings. The van der Waals surface area contributed by atoms with Gasteiger partial charge in [-0.25, -0.2) is 13.1 Å². The molecule has 3 rings (SSSR count). The van der Waals surface area contributed by atoms with Gasteiger partial charge in [0.25, 0.3) is 5.91 Å². The fourth-order valence-electron chi connectivity index (χ4n) is 3.40. The summed E-state index contributed by atoms with van der Waals surface area (Å²) in [6, 6.07) is 23.0. The first-order chi connectivity index (χ1) is 15.2. The standard InChI is InChI=1S/C25H29N3O3S/c1-19(22-11-5-4-6-12-22)27-32(30,31)24-14-8-13-23(16-24)25(29)26-17-20-9-7-10-21(15-20)18-28(2)3/h4-16,19,27H,17-18H2,1-3H3,(H,26,29). The maximum atomic E-state index is 12.8. The molecular formula is C25H29N3O3S. The van der Waals surface area contributed by atoms with Gasteiger partial charge in [-0.3, -0.25) is 4.79 Å². The molecule has 1 amide bonds. The Hall–Kier alpha value is -3.00. The van der Waals surface area contributed by atoms with Gasteiger partial charge in [0.1, 0.15) is 0 Å². The van der Waals surface area contributed by atoms with Crippen LogP contribution in [0.3, 0.4) is 0 Å². The van der Waals surface area contributed by atoms with E-state index in [0.717, 1.165) is 23.2 Å². The van der Waals surface area contributed by atoms with Crippen molar-refractivity contribution in [3.8, 4) is 0 Å². The lowest BCUT2D eigenvalue weighted by Crippen LogP contribution is -2.27. The summed E-state index contributed by atoms with van der Waals surface area (Å²) in [5.41, 5.74) is 3.31. The first-order valence-corrected chi connectivity index (χ1v) is 11.9. The van der Waals surface area contributed by atoms with Crippen molar-refractivity contribution in [2.45, 2.75) is 31.0 Å². The average molecular weight is 452 g/mol. The van der Waals surface area contributed by atoms with Crippen LogP contribution in [0.15, 0.2) is 83.8 Å². The van der Waals surface area contributed by atoms with E-state index in [1.165, 1.54) is 12.1 Å². The quantitative estimate of drug-likeness (QED) is 0.520. The molecule has 32 heavy (non-hydrogen) atoms. The molecular weight excluding hydrogens is 422 g/mol. The van der Waals surface area contributed by atoms with Crippen molar-refractivity contribution in [1.82, 2.24) is 14.9 Å². The molecule has 0 bridgehead atoms. The Labute approximate surface area is 190 Å². The molecule has 0 fully saturated rings. The minimum atomic E-state index is -3.78. The smallest absolute Gasteiger partial charge is 0.251 e. The molecule has 0 radical (unpaired) electrons. The van der Waals surface area contributed by atoms with Crippen molar-refractivity contribution in [1.29, 1.82) is 0 Å². The summed E-state index contributed by atoms with van der Waals surface area (Å²) < 4.78 is 28.4. The number of nitrogens with zero attached hydrogens (tertiary/aromatic N) is 1. The fourth-order valence-corrected chi connectivity index (χ4v) is 4.68. The number of carbonyl (C=O) groups is 1. The lowest BCUT2D eigenvalue weighted by atomic mass is 10.1. The van der Waals surface area contributed by atoms with Crippen LogP contribution in [0.5, 0.6) is 0 Å². The maximum Gasteiger partial charge on any atom is 0.251 e. The predicted molar refractivity (Wildman–Crippen MR) is 127 cm³/mol. The Morgan fingerprint density at radius 3 is 2.31 bits per heavy atom. The second kappa shape index (κ2) is 10.5. The zero-order valence-corrected chi connectivity index (χ0v) is 19.4. The molecule has 0 aliphatic heterocycles. The molecule has 0 saturated heterocycles. The molecule has 168 valence electrons. The lowest BCUT2D eigenvalue weighted by Gasteiger charge is -2.15. The minimum Gasteiger partial charge on any atom is -0.348 e. The highest BCUT2D eigenvalue weighted by Crippen LogP contribution is 2.18. The highest BCUT2D eigenvalue weighted by molar-refractivity contribution is 7.89. The number of amides is 1. The van der Waals surface area contributed by atoms with Crippen molar-refractivity contribution in [3.63, 3.8) is 0 Å². The lowest BCUT2D eigenvalue weighted by molar-refractivity contribution is 0.0950. The van der Waals surface area contributed by atoms with E-state index in [1.807, 2.05) is 62.6 Å². The van der Waals surface area contributed by atoms with Gasteiger partial charge in [-0.05, 0) is 55.9 Å². The van der Waals surface area contributed by atoms with E-state index in [4.69, 9.17) is 0 Å². The number of nitrogens with one attached hydrogen (secondary N) is 2. The summed E-state index contributed by atoms with van der Waals surface area (Å²) in [7, 11) is 0.227. The van der Waals surface area contributed by atoms with Crippen molar-refractivity contribution < 1.29 is 13.2 Å². The monoisotopic (exact) mass is 451 g/mol. The second-order valence-electron chi connectivity index (χ2n) is 8.02. The number of sulfonamides is 1. The van der Waals surface area contributed by atoms with Gasteiger partial charge in [-0.1, -0.05) is 60.7 Å². The van der Waals surface area contributed by atoms with Crippen molar-refractivity contribution in [2.75, 3.05) is 14.1 Å². The average Bonchev–Trinajstić information content (AvgIpc) is 2.77. The van der Waals surface area contributed by atoms with Gasteiger partial charge in [0, 0.05) is 24.7 Å². The Morgan fingerprint density at radius 2 is 1.59 bits per heavy atom. The highest BCUT2D eigenvalue weighted by Gasteiger charge is 2.19. The molecule has 1 unspecified atom stereocenters. The molecule has 0 aliphatic carbocycles. The van der Waals surface area contributed by atoms with Gasteiger partial charge in [0.05, 0.1) is 4.90 Å². The van der Waals surface area contributed by atoms with E-state index < -0.39 is 16.1 Å². The second-order valence-corrected chi connectivity index (χ2v) is 9.74. The van der Waals surface area contributed by atoms with Crippen LogP contribution in [0.2, 0.25) is 0 Å². The fraction of sp³-hybridized carbons (Fsp3) is 0.240. The summed E-state index contributed by atoms with van der Waals surface area (Å²) in [5, 5.41) is 2.87. The Balaban J connectivity index is 1.68. The first kappa shape index (κ1) is 23.7. The molecule has 0 aliphatic rings. The van der Waals surface area contributed by atoms with Crippen LogP contribution in [-0.2, 0) is 23.1 Å². The van der Waals surface area contributed by atoms with Crippen LogP contribution in [0.1, 0.15) is 40.0 Å². The van der Waals surface area contributed by atoms with Crippen molar-refractivity contribution >= 4 is 15.9 Å². The Morgan fingerprint density at radius 1 is 0.906 bits per heavy atom. The summed E-state index contributed by atoms with van der Waals surface area (Å²) in [4.78, 5) is 14.8. The zero-order valence-electron chi connectivity index (χ0n) is 18.6. The van der Waals surface area contributed by atoms with Gasteiger partial charge in [0.15, 0.2) is 0 Å². The van der Waals surface area contributed by atoms with Gasteiger partial charge in [-0.2, -0.15) is 0 Å². The molecule has 1 atom stereocenters. The molecule has 0 heterocycles. The molecule has 3 aromatic carbocycles. The van der Waals surface area contributed by atoms with Gasteiger partial charge in [0.2, 0.25) is 10.0 Å². The molecule has 0 saturated carbocycles. The number of hydrogen-bond donors (Lipinski definition) is 2. The third-order valence-electron chi connectivity index (χ3n) is 4.98. The predicted octanol–water partition coefficient (Wildman–Crippen LogP) is 3.72. The van der Waals surface area contributed by atoms with Crippen LogP contribution in [0.4, 0.5) is 0 Å². The number of benzene rings is 3. The number of hydrogen-bond acceptors (Lipinski definition) is 4. The summed E-state index contributed by atoms with van der Waals surface area (Å²) in [6.45, 7) is 2.96. The van der Waals surface area contributed by atoms with E-state index in [-0.39, 0.29) is 10.8 Å². The van der Waals surface area contributed by atoms with Crippen LogP contribution in [0.25, 0.3) is 0 Å². The number of rotatable bonds is 9. The molecule has 2 N–H and O–H groups in total. The van der Waals surface area contributed by atoms with Crippen molar-refractivity contribution in [3.05, 3.63) is 101 Å². The summed E-state index contributed by atoms with van der Waals surface area (Å²) in [6.07, 6.45) is 0. The van der Waals surface area contributed by atoms with Gasteiger partial charge in [-0.15, -0.1) is 0 Å². The Kier molecular flexibility index (Phi) is 7.80. The van der Waals surface area contributed by atoms with E-state index >= 15 is 0 Å². The van der Waals surface area contributed by atoms with E-state index in [2.05, 4.69) is 21.0 Å². The molecule has 6 nitrogen and oxygen atoms in total. The van der Waals surface area contributed by atoms with Crippen molar-refractivity contribution in [2.24, 2.45) is 0 Å². The van der Waals surface area contributed by atoms with Crippen LogP contribution < -0.4 is 10.0 Å². The summed E-state index contributed by atoms with van der Waals surface area (Å²) >= 11 is 0. The maximum absolute atomic E-state index is 12.8. The zero-order chi connectivity index (χ0) is 23.1. The third-order valence-corrected chi connectivity index (χ3v) is 6.52. The molecule has 0 aromatic heterocycles. The number of carbonyl (C=O) groups excluding carboxylic acids is 1. The molecule has 0 spiro atoms. The van der Waals surface area contributed by atoms with E-state index in [1.54, 1.807) is 19.1 Å². The third kappa shape index (κ3) is 6.50. The Bertz CT molecular complexity index is 1160. The van der Waals surface area contributed by atoms with Gasteiger partial charge >= 0.3 is 0 Å². The van der Waals surface area contributed by atoms with Gasteiger partial charge < -0.3 is 10.2 Å². The SMILES string of the molecule is CC(NS(=O)(=O)c1cccc(C(=O)NCc2cccc(CN(C)C)c2)c1)c1ccccc1. The van der Waals surface area contributed by atoms with Crippen LogP contribution in [-0.4, -0.2) is 33.3 Å². The summed E-state index contributed by atoms with van der Waals surface area (Å²) in [5.74, 6) is -0.323. The largest absolute Gasteiger partial charge is 0.348 e.